The van der Waals surface area contributed by atoms with Gasteiger partial charge in [0.25, 0.3) is 0 Å². The van der Waals surface area contributed by atoms with Crippen LogP contribution < -0.4 is 14.8 Å². The van der Waals surface area contributed by atoms with Gasteiger partial charge < -0.3 is 29.9 Å². The molecule has 45 heavy (non-hydrogen) atoms. The minimum atomic E-state index is -1.22. The number of nitrogens with one attached hydrogen (secondary N) is 1. The van der Waals surface area contributed by atoms with Gasteiger partial charge in [-0.15, -0.1) is 0 Å². The Bertz CT molecular complexity index is 1440. The van der Waals surface area contributed by atoms with Crippen LogP contribution in [0.3, 0.4) is 0 Å². The molecule has 2 fully saturated rings. The molecular formula is C34H40FIN2O7. The van der Waals surface area contributed by atoms with Gasteiger partial charge in [0.1, 0.15) is 24.3 Å². The summed E-state index contributed by atoms with van der Waals surface area (Å²) in [5.41, 5.74) is 1.42. The summed E-state index contributed by atoms with van der Waals surface area (Å²) in [6.07, 6.45) is 5.30. The van der Waals surface area contributed by atoms with E-state index in [4.69, 9.17) is 9.47 Å². The average molecular weight is 735 g/mol. The van der Waals surface area contributed by atoms with E-state index >= 15 is 0 Å². The lowest BCUT2D eigenvalue weighted by Crippen LogP contribution is -2.55. The predicted molar refractivity (Wildman–Crippen MR) is 173 cm³/mol. The minimum absolute atomic E-state index is 0.0419. The van der Waals surface area contributed by atoms with Crippen molar-refractivity contribution in [1.29, 1.82) is 0 Å². The third kappa shape index (κ3) is 7.86. The number of carbonyl (C=O) groups is 3. The van der Waals surface area contributed by atoms with E-state index in [0.717, 1.165) is 24.8 Å². The van der Waals surface area contributed by atoms with Gasteiger partial charge in [-0.1, -0.05) is 18.6 Å². The molecule has 6 unspecified atom stereocenters. The molecule has 0 heterocycles. The zero-order chi connectivity index (χ0) is 32.1. The van der Waals surface area contributed by atoms with Crippen LogP contribution in [-0.2, 0) is 16.0 Å². The van der Waals surface area contributed by atoms with Crippen molar-refractivity contribution in [3.63, 3.8) is 0 Å². The quantitative estimate of drug-likeness (QED) is 0.210. The number of nitrogens with zero attached hydrogens (tertiary/aromatic N) is 1. The SMILES string of the molecule is COc1cc(C=O)cc(I)c1OC1C=C(C(=O)NCCO)CC(N(CCc2cccc(F)c2)C(=O)CC2CC3CCC2C3)C1O. The number of aliphatic hydroxyl groups excluding tert-OH is 2. The number of hydrogen-bond acceptors (Lipinski definition) is 7. The number of ether oxygens (including phenoxy) is 2. The summed E-state index contributed by atoms with van der Waals surface area (Å²) in [4.78, 5) is 40.5. The van der Waals surface area contributed by atoms with Crippen LogP contribution >= 0.6 is 22.6 Å². The van der Waals surface area contributed by atoms with Gasteiger partial charge in [-0.2, -0.15) is 0 Å². The Morgan fingerprint density at radius 2 is 2.02 bits per heavy atom. The largest absolute Gasteiger partial charge is 0.493 e. The second kappa shape index (κ2) is 15.0. The maximum atomic E-state index is 14.1. The molecule has 2 aromatic carbocycles. The second-order valence-corrected chi connectivity index (χ2v) is 13.4. The number of rotatable bonds is 13. The number of hydrogen-bond donors (Lipinski definition) is 3. The van der Waals surface area contributed by atoms with Crippen molar-refractivity contribution in [1.82, 2.24) is 10.2 Å². The van der Waals surface area contributed by atoms with Crippen LogP contribution in [-0.4, -0.2) is 78.3 Å². The summed E-state index contributed by atoms with van der Waals surface area (Å²) >= 11 is 2.02. The van der Waals surface area contributed by atoms with Gasteiger partial charge in [-0.3, -0.25) is 14.4 Å². The van der Waals surface area contributed by atoms with Gasteiger partial charge in [-0.25, -0.2) is 4.39 Å². The summed E-state index contributed by atoms with van der Waals surface area (Å²) in [6.45, 7) is 0.0174. The maximum Gasteiger partial charge on any atom is 0.247 e. The van der Waals surface area contributed by atoms with Crippen molar-refractivity contribution >= 4 is 40.7 Å². The molecule has 2 aromatic rings. The molecular weight excluding hydrogens is 694 g/mol. The van der Waals surface area contributed by atoms with Gasteiger partial charge in [0.15, 0.2) is 11.5 Å². The van der Waals surface area contributed by atoms with Crippen LogP contribution in [0.25, 0.3) is 0 Å². The highest BCUT2D eigenvalue weighted by molar-refractivity contribution is 14.1. The molecule has 0 spiro atoms. The lowest BCUT2D eigenvalue weighted by molar-refractivity contribution is -0.140. The van der Waals surface area contributed by atoms with Crippen molar-refractivity contribution in [3.05, 3.63) is 68.6 Å². The summed E-state index contributed by atoms with van der Waals surface area (Å²) in [6, 6.07) is 8.58. The first-order valence-electron chi connectivity index (χ1n) is 15.5. The Hall–Kier alpha value is -3.03. The molecule has 9 nitrogen and oxygen atoms in total. The van der Waals surface area contributed by atoms with Crippen molar-refractivity contribution in [2.75, 3.05) is 26.8 Å². The van der Waals surface area contributed by atoms with E-state index in [1.807, 2.05) is 22.6 Å². The van der Waals surface area contributed by atoms with Gasteiger partial charge in [0, 0.05) is 37.1 Å². The monoisotopic (exact) mass is 734 g/mol. The van der Waals surface area contributed by atoms with E-state index in [1.54, 1.807) is 29.2 Å². The third-order valence-electron chi connectivity index (χ3n) is 9.43. The zero-order valence-electron chi connectivity index (χ0n) is 25.3. The number of methoxy groups -OCH3 is 1. The first kappa shape index (κ1) is 33.3. The number of halogens is 2. The molecule has 5 rings (SSSR count). The van der Waals surface area contributed by atoms with Crippen LogP contribution in [0.2, 0.25) is 0 Å². The molecule has 3 aliphatic rings. The smallest absolute Gasteiger partial charge is 0.247 e. The van der Waals surface area contributed by atoms with Crippen LogP contribution in [0.15, 0.2) is 48.0 Å². The Morgan fingerprint density at radius 1 is 1.20 bits per heavy atom. The highest BCUT2D eigenvalue weighted by Crippen LogP contribution is 2.50. The highest BCUT2D eigenvalue weighted by Gasteiger charge is 2.44. The number of aliphatic hydroxyl groups is 2. The van der Waals surface area contributed by atoms with Crippen LogP contribution in [0.1, 0.15) is 54.4 Å². The topological polar surface area (TPSA) is 125 Å². The second-order valence-electron chi connectivity index (χ2n) is 12.3. The van der Waals surface area contributed by atoms with Gasteiger partial charge in [0.2, 0.25) is 11.8 Å². The number of fused-ring (bicyclic) bond motifs is 2. The van der Waals surface area contributed by atoms with Crippen molar-refractivity contribution in [2.24, 2.45) is 17.8 Å². The maximum absolute atomic E-state index is 14.1. The van der Waals surface area contributed by atoms with Crippen molar-refractivity contribution < 1.29 is 38.5 Å². The molecule has 242 valence electrons. The number of carbonyl (C=O) groups excluding carboxylic acids is 3. The molecule has 0 radical (unpaired) electrons. The first-order chi connectivity index (χ1) is 21.7. The van der Waals surface area contributed by atoms with E-state index in [0.29, 0.717) is 51.4 Å². The summed E-state index contributed by atoms with van der Waals surface area (Å²) in [5.74, 6) is 1.15. The van der Waals surface area contributed by atoms with Crippen LogP contribution in [0.5, 0.6) is 11.5 Å². The molecule has 2 saturated carbocycles. The summed E-state index contributed by atoms with van der Waals surface area (Å²) in [7, 11) is 1.44. The normalized spacial score (nSPS) is 25.4. The Labute approximate surface area is 276 Å². The number of aldehydes is 1. The number of benzene rings is 2. The zero-order valence-corrected chi connectivity index (χ0v) is 27.5. The van der Waals surface area contributed by atoms with Crippen molar-refractivity contribution in [2.45, 2.75) is 63.2 Å². The fourth-order valence-electron chi connectivity index (χ4n) is 7.22. The Kier molecular flexibility index (Phi) is 11.1. The molecule has 2 bridgehead atoms. The van der Waals surface area contributed by atoms with E-state index < -0.39 is 24.2 Å². The molecule has 6 atom stereocenters. The molecule has 0 aliphatic heterocycles. The first-order valence-corrected chi connectivity index (χ1v) is 16.6. The van der Waals surface area contributed by atoms with E-state index in [1.165, 1.54) is 31.7 Å². The minimum Gasteiger partial charge on any atom is -0.493 e. The van der Waals surface area contributed by atoms with Crippen molar-refractivity contribution in [3.8, 4) is 11.5 Å². The fourth-order valence-corrected chi connectivity index (χ4v) is 7.98. The van der Waals surface area contributed by atoms with Crippen LogP contribution in [0.4, 0.5) is 4.39 Å². The molecule has 11 heteroatoms. The molecule has 3 aliphatic carbocycles. The molecule has 0 saturated heterocycles. The summed E-state index contributed by atoms with van der Waals surface area (Å²) in [5, 5.41) is 23.8. The average Bonchev–Trinajstić information content (AvgIpc) is 3.65. The molecule has 2 amide bonds. The molecule has 3 N–H and O–H groups in total. The Morgan fingerprint density at radius 3 is 2.69 bits per heavy atom. The predicted octanol–water partition coefficient (Wildman–Crippen LogP) is 4.06. The van der Waals surface area contributed by atoms with Gasteiger partial charge >= 0.3 is 0 Å². The highest BCUT2D eigenvalue weighted by atomic mass is 127. The van der Waals surface area contributed by atoms with E-state index in [9.17, 15) is 29.0 Å². The fraction of sp³-hybridized carbons (Fsp3) is 0.500. The third-order valence-corrected chi connectivity index (χ3v) is 10.2. The number of amides is 2. The summed E-state index contributed by atoms with van der Waals surface area (Å²) < 4.78 is 26.4. The van der Waals surface area contributed by atoms with Crippen LogP contribution in [0, 0.1) is 27.1 Å². The molecule has 0 aromatic heterocycles. The lowest BCUT2D eigenvalue weighted by Gasteiger charge is -2.41. The van der Waals surface area contributed by atoms with Gasteiger partial charge in [-0.05, 0) is 102 Å². The van der Waals surface area contributed by atoms with E-state index in [-0.39, 0.29) is 49.5 Å². The standard InChI is InChI=1S/C34H40FIN2O7/c1-44-30-15-22(19-40)14-27(36)33(30)45-29-17-25(34(43)37-8-10-39)16-28(32(29)42)38(9-7-20-3-2-4-26(35)13-20)31(41)18-24-12-21-5-6-23(24)11-21/h2-4,13-15,17,19,21,23-24,28-29,32,39,42H,5-12,16,18H2,1H3,(H,37,43). The Balaban J connectivity index is 1.47. The van der Waals surface area contributed by atoms with Gasteiger partial charge in [0.05, 0.1) is 23.3 Å². The van der Waals surface area contributed by atoms with E-state index in [2.05, 4.69) is 5.32 Å². The lowest BCUT2D eigenvalue weighted by atomic mass is 9.84.